The Balaban J connectivity index is 2.07. The number of carbonyl (C=O) groups is 1. The Kier molecular flexibility index (Phi) is 5.48. The van der Waals surface area contributed by atoms with E-state index in [4.69, 9.17) is 6.42 Å². The number of aromatic nitrogens is 2. The summed E-state index contributed by atoms with van der Waals surface area (Å²) in [5.41, 5.74) is 3.33. The highest BCUT2D eigenvalue weighted by molar-refractivity contribution is 5.99. The molecule has 0 fully saturated rings. The molecule has 1 amide bonds. The summed E-state index contributed by atoms with van der Waals surface area (Å²) in [6.45, 7) is 2.17. The van der Waals surface area contributed by atoms with E-state index in [1.54, 1.807) is 6.20 Å². The number of nitrogens with one attached hydrogen (secondary N) is 1. The number of rotatable bonds is 5. The maximum atomic E-state index is 12.5. The van der Waals surface area contributed by atoms with Crippen LogP contribution in [0.1, 0.15) is 15.9 Å². The second-order valence-corrected chi connectivity index (χ2v) is 6.08. The van der Waals surface area contributed by atoms with Crippen molar-refractivity contribution in [3.8, 4) is 23.7 Å². The van der Waals surface area contributed by atoms with E-state index in [-0.39, 0.29) is 12.5 Å². The fourth-order valence-electron chi connectivity index (χ4n) is 2.63. The fourth-order valence-corrected chi connectivity index (χ4v) is 2.63. The summed E-state index contributed by atoms with van der Waals surface area (Å²) in [5, 5.41) is 2.68. The van der Waals surface area contributed by atoms with Crippen molar-refractivity contribution in [2.24, 2.45) is 0 Å². The van der Waals surface area contributed by atoms with Gasteiger partial charge in [0.05, 0.1) is 6.54 Å². The second kappa shape index (κ2) is 8.15. The van der Waals surface area contributed by atoms with Gasteiger partial charge in [0.2, 0.25) is 0 Å². The van der Waals surface area contributed by atoms with Crippen LogP contribution in [0.15, 0.2) is 60.8 Å². The summed E-state index contributed by atoms with van der Waals surface area (Å²) in [4.78, 5) is 23.5. The molecule has 0 spiro atoms. The van der Waals surface area contributed by atoms with Gasteiger partial charge in [-0.2, -0.15) is 0 Å². The Labute approximate surface area is 159 Å². The predicted molar refractivity (Wildman–Crippen MR) is 108 cm³/mol. The van der Waals surface area contributed by atoms with Crippen LogP contribution < -0.4 is 10.2 Å². The van der Waals surface area contributed by atoms with Gasteiger partial charge in [0.25, 0.3) is 5.91 Å². The molecule has 0 unspecified atom stereocenters. The molecule has 2 aromatic carbocycles. The van der Waals surface area contributed by atoms with E-state index in [0.29, 0.717) is 17.2 Å². The van der Waals surface area contributed by atoms with Gasteiger partial charge in [-0.3, -0.25) is 4.79 Å². The average Bonchev–Trinajstić information content (AvgIpc) is 2.72. The van der Waals surface area contributed by atoms with Gasteiger partial charge >= 0.3 is 0 Å². The third kappa shape index (κ3) is 4.13. The van der Waals surface area contributed by atoms with Gasteiger partial charge in [0.15, 0.2) is 5.82 Å². The van der Waals surface area contributed by atoms with Gasteiger partial charge in [0, 0.05) is 24.5 Å². The molecule has 3 aromatic rings. The molecule has 134 valence electrons. The standard InChI is InChI=1S/C22H20N4O/c1-4-14-23-22(27)19-15-24-20(17-8-6-5-7-9-17)25-21(19)26(3)18-12-10-16(2)11-13-18/h1,5-13,15H,14H2,2-3H3,(H,23,27). The van der Waals surface area contributed by atoms with E-state index in [1.165, 1.54) is 0 Å². The van der Waals surface area contributed by atoms with Crippen molar-refractivity contribution < 1.29 is 4.79 Å². The highest BCUT2D eigenvalue weighted by Crippen LogP contribution is 2.27. The Morgan fingerprint density at radius 2 is 1.85 bits per heavy atom. The summed E-state index contributed by atoms with van der Waals surface area (Å²) < 4.78 is 0. The first-order chi connectivity index (χ1) is 13.1. The molecular weight excluding hydrogens is 336 g/mol. The zero-order chi connectivity index (χ0) is 19.2. The SMILES string of the molecule is C#CCNC(=O)c1cnc(-c2ccccc2)nc1N(C)c1ccc(C)cc1. The van der Waals surface area contributed by atoms with E-state index in [2.05, 4.69) is 21.2 Å². The van der Waals surface area contributed by atoms with Crippen LogP contribution in [0.3, 0.4) is 0 Å². The van der Waals surface area contributed by atoms with Crippen molar-refractivity contribution in [1.82, 2.24) is 15.3 Å². The minimum absolute atomic E-state index is 0.146. The normalized spacial score (nSPS) is 10.1. The zero-order valence-corrected chi connectivity index (χ0v) is 15.3. The number of terminal acetylenes is 1. The minimum Gasteiger partial charge on any atom is -0.341 e. The van der Waals surface area contributed by atoms with Gasteiger partial charge in [0.1, 0.15) is 11.4 Å². The van der Waals surface area contributed by atoms with Gasteiger partial charge in [-0.05, 0) is 19.1 Å². The van der Waals surface area contributed by atoms with E-state index >= 15 is 0 Å². The van der Waals surface area contributed by atoms with E-state index < -0.39 is 0 Å². The van der Waals surface area contributed by atoms with Crippen molar-refractivity contribution in [1.29, 1.82) is 0 Å². The van der Waals surface area contributed by atoms with Crippen LogP contribution in [-0.4, -0.2) is 29.5 Å². The molecule has 0 aliphatic heterocycles. The van der Waals surface area contributed by atoms with Crippen molar-refractivity contribution >= 4 is 17.4 Å². The highest BCUT2D eigenvalue weighted by atomic mass is 16.1. The molecule has 0 aliphatic carbocycles. The third-order valence-electron chi connectivity index (χ3n) is 4.14. The molecular formula is C22H20N4O. The van der Waals surface area contributed by atoms with Crippen LogP contribution in [0, 0.1) is 19.3 Å². The van der Waals surface area contributed by atoms with Gasteiger partial charge in [-0.15, -0.1) is 6.42 Å². The molecule has 0 saturated carbocycles. The van der Waals surface area contributed by atoms with Crippen LogP contribution in [0.5, 0.6) is 0 Å². The molecule has 5 nitrogen and oxygen atoms in total. The van der Waals surface area contributed by atoms with Gasteiger partial charge < -0.3 is 10.2 Å². The second-order valence-electron chi connectivity index (χ2n) is 6.08. The first-order valence-corrected chi connectivity index (χ1v) is 8.54. The number of anilines is 2. The molecule has 1 heterocycles. The number of aryl methyl sites for hydroxylation is 1. The predicted octanol–water partition coefficient (Wildman–Crippen LogP) is 3.58. The van der Waals surface area contributed by atoms with Crippen molar-refractivity contribution in [3.63, 3.8) is 0 Å². The molecule has 0 bridgehead atoms. The Bertz CT molecular complexity index is 975. The van der Waals surface area contributed by atoms with Crippen LogP contribution in [0.2, 0.25) is 0 Å². The van der Waals surface area contributed by atoms with Gasteiger partial charge in [-0.1, -0.05) is 53.9 Å². The van der Waals surface area contributed by atoms with Crippen molar-refractivity contribution in [2.45, 2.75) is 6.92 Å². The number of hydrogen-bond acceptors (Lipinski definition) is 4. The molecule has 0 saturated heterocycles. The Hall–Kier alpha value is -3.65. The lowest BCUT2D eigenvalue weighted by molar-refractivity contribution is 0.0958. The lowest BCUT2D eigenvalue weighted by atomic mass is 10.2. The lowest BCUT2D eigenvalue weighted by Crippen LogP contribution is -2.27. The Morgan fingerprint density at radius 3 is 2.52 bits per heavy atom. The zero-order valence-electron chi connectivity index (χ0n) is 15.3. The van der Waals surface area contributed by atoms with Crippen LogP contribution in [0.4, 0.5) is 11.5 Å². The first kappa shape index (κ1) is 18.2. The average molecular weight is 356 g/mol. The van der Waals surface area contributed by atoms with Crippen LogP contribution in [-0.2, 0) is 0 Å². The molecule has 1 aromatic heterocycles. The van der Waals surface area contributed by atoms with Crippen LogP contribution in [0.25, 0.3) is 11.4 Å². The monoisotopic (exact) mass is 356 g/mol. The maximum Gasteiger partial charge on any atom is 0.257 e. The molecule has 27 heavy (non-hydrogen) atoms. The van der Waals surface area contributed by atoms with E-state index in [0.717, 1.165) is 16.8 Å². The third-order valence-corrected chi connectivity index (χ3v) is 4.14. The topological polar surface area (TPSA) is 58.1 Å². The van der Waals surface area contributed by atoms with Crippen molar-refractivity contribution in [2.75, 3.05) is 18.5 Å². The summed E-state index contributed by atoms with van der Waals surface area (Å²) in [6, 6.07) is 17.7. The summed E-state index contributed by atoms with van der Waals surface area (Å²) in [6.07, 6.45) is 6.79. The van der Waals surface area contributed by atoms with Gasteiger partial charge in [-0.25, -0.2) is 9.97 Å². The maximum absolute atomic E-state index is 12.5. The number of carbonyl (C=O) groups excluding carboxylic acids is 1. The largest absolute Gasteiger partial charge is 0.341 e. The molecule has 3 rings (SSSR count). The molecule has 1 N–H and O–H groups in total. The number of hydrogen-bond donors (Lipinski definition) is 1. The first-order valence-electron chi connectivity index (χ1n) is 8.54. The minimum atomic E-state index is -0.304. The van der Waals surface area contributed by atoms with E-state index in [9.17, 15) is 4.79 Å². The number of benzene rings is 2. The number of amides is 1. The lowest BCUT2D eigenvalue weighted by Gasteiger charge is -2.21. The summed E-state index contributed by atoms with van der Waals surface area (Å²) in [5.74, 6) is 3.17. The smallest absolute Gasteiger partial charge is 0.257 e. The molecule has 0 aliphatic rings. The molecule has 0 radical (unpaired) electrons. The molecule has 0 atom stereocenters. The summed E-state index contributed by atoms with van der Waals surface area (Å²) in [7, 11) is 1.87. The quantitative estimate of drug-likeness (QED) is 0.710. The highest BCUT2D eigenvalue weighted by Gasteiger charge is 2.19. The summed E-state index contributed by atoms with van der Waals surface area (Å²) >= 11 is 0. The number of nitrogens with zero attached hydrogens (tertiary/aromatic N) is 3. The van der Waals surface area contributed by atoms with Crippen LogP contribution >= 0.6 is 0 Å². The van der Waals surface area contributed by atoms with Crippen molar-refractivity contribution in [3.05, 3.63) is 71.9 Å². The Morgan fingerprint density at radius 1 is 1.15 bits per heavy atom. The van der Waals surface area contributed by atoms with E-state index in [1.807, 2.05) is 73.5 Å². The fraction of sp³-hybridized carbons (Fsp3) is 0.136. The molecule has 5 heteroatoms.